The van der Waals surface area contributed by atoms with Gasteiger partial charge < -0.3 is 20.9 Å². The second-order valence-electron chi connectivity index (χ2n) is 5.05. The lowest BCUT2D eigenvalue weighted by Gasteiger charge is -2.33. The lowest BCUT2D eigenvalue weighted by molar-refractivity contribution is 0.0898. The number of aliphatic imine (C=N–C) groups is 1. The number of rotatable bonds is 3. The number of fused-ring (bicyclic) bond motifs is 1. The first-order chi connectivity index (χ1) is 9.06. The van der Waals surface area contributed by atoms with Gasteiger partial charge in [-0.25, -0.2) is 9.38 Å². The third-order valence-electron chi connectivity index (χ3n) is 3.75. The fraction of sp³-hybridized carbons (Fsp3) is 0.462. The summed E-state index contributed by atoms with van der Waals surface area (Å²) in [5, 5.41) is 0. The van der Waals surface area contributed by atoms with Gasteiger partial charge in [0, 0.05) is 24.3 Å². The number of ether oxygens (including phenoxy) is 2. The van der Waals surface area contributed by atoms with Crippen LogP contribution in [-0.2, 0) is 15.0 Å². The van der Waals surface area contributed by atoms with Gasteiger partial charge >= 0.3 is 0 Å². The molecular formula is C13H16FN3O2. The molecule has 1 fully saturated rings. The molecule has 0 spiro atoms. The van der Waals surface area contributed by atoms with E-state index in [1.54, 1.807) is 13.2 Å². The van der Waals surface area contributed by atoms with Gasteiger partial charge in [-0.15, -0.1) is 0 Å². The lowest BCUT2D eigenvalue weighted by Crippen LogP contribution is -2.41. The standard InChI is InChI=1S/C13H16FN3O2/c1-18-6-13(8-4-7(15)2-3-10(8)14)9-5-11(9)19-12(16)17-13/h2-4,9,11H,5-6,15H2,1H3,(H2,16,17). The van der Waals surface area contributed by atoms with Crippen molar-refractivity contribution in [2.75, 3.05) is 19.5 Å². The number of nitrogens with zero attached hydrogens (tertiary/aromatic N) is 1. The van der Waals surface area contributed by atoms with Crippen LogP contribution in [0.15, 0.2) is 23.2 Å². The van der Waals surface area contributed by atoms with E-state index in [1.807, 2.05) is 0 Å². The number of hydrogen-bond acceptors (Lipinski definition) is 5. The molecule has 0 amide bonds. The minimum atomic E-state index is -0.832. The largest absolute Gasteiger partial charge is 0.462 e. The number of methoxy groups -OCH3 is 1. The topological polar surface area (TPSA) is 82.9 Å². The van der Waals surface area contributed by atoms with Crippen LogP contribution < -0.4 is 11.5 Å². The van der Waals surface area contributed by atoms with Gasteiger partial charge in [-0.2, -0.15) is 0 Å². The van der Waals surface area contributed by atoms with E-state index in [1.165, 1.54) is 12.1 Å². The monoisotopic (exact) mass is 265 g/mol. The van der Waals surface area contributed by atoms with Crippen molar-refractivity contribution in [2.24, 2.45) is 16.6 Å². The van der Waals surface area contributed by atoms with Crippen molar-refractivity contribution < 1.29 is 13.9 Å². The molecule has 6 heteroatoms. The molecule has 0 aromatic heterocycles. The fourth-order valence-electron chi connectivity index (χ4n) is 2.84. The normalized spacial score (nSPS) is 32.2. The van der Waals surface area contributed by atoms with E-state index in [9.17, 15) is 4.39 Å². The minimum absolute atomic E-state index is 0.00604. The number of hydrogen-bond donors (Lipinski definition) is 2. The molecule has 1 heterocycles. The first-order valence-electron chi connectivity index (χ1n) is 6.13. The molecule has 19 heavy (non-hydrogen) atoms. The van der Waals surface area contributed by atoms with Crippen molar-refractivity contribution in [1.29, 1.82) is 0 Å². The van der Waals surface area contributed by atoms with Crippen LogP contribution in [-0.4, -0.2) is 25.8 Å². The second-order valence-corrected chi connectivity index (χ2v) is 5.05. The molecule has 2 aliphatic rings. The molecule has 0 radical (unpaired) electrons. The maximum Gasteiger partial charge on any atom is 0.283 e. The number of nitrogens with two attached hydrogens (primary N) is 2. The Morgan fingerprint density at radius 3 is 3.05 bits per heavy atom. The summed E-state index contributed by atoms with van der Waals surface area (Å²) in [5.74, 6) is -0.272. The maximum atomic E-state index is 14.2. The van der Waals surface area contributed by atoms with Crippen LogP contribution in [0.3, 0.4) is 0 Å². The van der Waals surface area contributed by atoms with Crippen LogP contribution in [0.4, 0.5) is 10.1 Å². The fourth-order valence-corrected chi connectivity index (χ4v) is 2.84. The van der Waals surface area contributed by atoms with E-state index in [0.717, 1.165) is 6.42 Å². The van der Waals surface area contributed by atoms with Gasteiger partial charge in [0.15, 0.2) is 0 Å². The van der Waals surface area contributed by atoms with Gasteiger partial charge in [-0.3, -0.25) is 0 Å². The molecule has 4 N–H and O–H groups in total. The van der Waals surface area contributed by atoms with Crippen LogP contribution in [0.25, 0.3) is 0 Å². The number of nitrogen functional groups attached to an aromatic ring is 1. The molecule has 102 valence electrons. The number of benzene rings is 1. The minimum Gasteiger partial charge on any atom is -0.462 e. The van der Waals surface area contributed by atoms with Crippen LogP contribution in [0.1, 0.15) is 12.0 Å². The molecule has 1 aliphatic heterocycles. The van der Waals surface area contributed by atoms with E-state index in [2.05, 4.69) is 4.99 Å². The van der Waals surface area contributed by atoms with Crippen molar-refractivity contribution in [3.05, 3.63) is 29.6 Å². The summed E-state index contributed by atoms with van der Waals surface area (Å²) in [6.07, 6.45) is 0.787. The zero-order valence-electron chi connectivity index (χ0n) is 10.6. The molecule has 5 nitrogen and oxygen atoms in total. The highest BCUT2D eigenvalue weighted by molar-refractivity contribution is 5.74. The van der Waals surface area contributed by atoms with Crippen LogP contribution in [0.2, 0.25) is 0 Å². The molecular weight excluding hydrogens is 249 g/mol. The Labute approximate surface area is 110 Å². The second kappa shape index (κ2) is 4.09. The summed E-state index contributed by atoms with van der Waals surface area (Å²) in [5.41, 5.74) is 11.5. The average Bonchev–Trinajstić information content (AvgIpc) is 3.12. The van der Waals surface area contributed by atoms with Crippen LogP contribution in [0.5, 0.6) is 0 Å². The van der Waals surface area contributed by atoms with Crippen LogP contribution >= 0.6 is 0 Å². The predicted molar refractivity (Wildman–Crippen MR) is 69.0 cm³/mol. The Morgan fingerprint density at radius 1 is 1.53 bits per heavy atom. The molecule has 3 rings (SSSR count). The van der Waals surface area contributed by atoms with Crippen molar-refractivity contribution in [1.82, 2.24) is 0 Å². The molecule has 1 saturated carbocycles. The Morgan fingerprint density at radius 2 is 2.32 bits per heavy atom. The van der Waals surface area contributed by atoms with Gasteiger partial charge in [0.25, 0.3) is 6.02 Å². The van der Waals surface area contributed by atoms with E-state index in [4.69, 9.17) is 20.9 Å². The first-order valence-corrected chi connectivity index (χ1v) is 6.13. The molecule has 3 unspecified atom stereocenters. The van der Waals surface area contributed by atoms with Crippen LogP contribution in [0, 0.1) is 11.7 Å². The summed E-state index contributed by atoms with van der Waals surface area (Å²) in [7, 11) is 1.56. The zero-order valence-corrected chi connectivity index (χ0v) is 10.6. The molecule has 3 atom stereocenters. The Bertz CT molecular complexity index is 549. The third kappa shape index (κ3) is 1.83. The van der Waals surface area contributed by atoms with E-state index >= 15 is 0 Å². The Balaban J connectivity index is 2.15. The van der Waals surface area contributed by atoms with Crippen molar-refractivity contribution in [3.63, 3.8) is 0 Å². The molecule has 0 saturated heterocycles. The summed E-state index contributed by atoms with van der Waals surface area (Å²) in [6.45, 7) is 0.249. The van der Waals surface area contributed by atoms with Gasteiger partial charge in [0.2, 0.25) is 0 Å². The summed E-state index contributed by atoms with van der Waals surface area (Å²) in [6, 6.07) is 4.56. The summed E-state index contributed by atoms with van der Waals surface area (Å²) in [4.78, 5) is 4.35. The third-order valence-corrected chi connectivity index (χ3v) is 3.75. The van der Waals surface area contributed by atoms with Gasteiger partial charge in [0.1, 0.15) is 17.5 Å². The summed E-state index contributed by atoms with van der Waals surface area (Å²) >= 11 is 0. The van der Waals surface area contributed by atoms with E-state index < -0.39 is 5.54 Å². The van der Waals surface area contributed by atoms with Crippen molar-refractivity contribution in [3.8, 4) is 0 Å². The Kier molecular flexibility index (Phi) is 2.63. The van der Waals surface area contributed by atoms with E-state index in [0.29, 0.717) is 11.3 Å². The first kappa shape index (κ1) is 12.2. The number of anilines is 1. The van der Waals surface area contributed by atoms with Gasteiger partial charge in [-0.1, -0.05) is 0 Å². The quantitative estimate of drug-likeness (QED) is 0.798. The van der Waals surface area contributed by atoms with E-state index in [-0.39, 0.29) is 30.5 Å². The predicted octanol–water partition coefficient (Wildman–Crippen LogP) is 0.983. The smallest absolute Gasteiger partial charge is 0.283 e. The highest BCUT2D eigenvalue weighted by Crippen LogP contribution is 2.53. The van der Waals surface area contributed by atoms with Crippen molar-refractivity contribution in [2.45, 2.75) is 18.1 Å². The lowest BCUT2D eigenvalue weighted by atomic mass is 9.85. The molecule has 1 aromatic carbocycles. The number of amidine groups is 1. The zero-order chi connectivity index (χ0) is 13.6. The molecule has 1 aliphatic carbocycles. The SMILES string of the molecule is COCC1(c2cc(N)ccc2F)N=C(N)OC2CC21. The summed E-state index contributed by atoms with van der Waals surface area (Å²) < 4.78 is 24.8. The highest BCUT2D eigenvalue weighted by atomic mass is 19.1. The molecule has 1 aromatic rings. The molecule has 0 bridgehead atoms. The highest BCUT2D eigenvalue weighted by Gasteiger charge is 2.59. The maximum absolute atomic E-state index is 14.2. The van der Waals surface area contributed by atoms with Gasteiger partial charge in [0.05, 0.1) is 6.61 Å². The average molecular weight is 265 g/mol. The van der Waals surface area contributed by atoms with Gasteiger partial charge in [-0.05, 0) is 24.6 Å². The number of halogens is 1. The van der Waals surface area contributed by atoms with Crippen molar-refractivity contribution >= 4 is 11.7 Å². The Hall–Kier alpha value is -1.82.